The number of nitrogens with one attached hydrogen (secondary N) is 1. The van der Waals surface area contributed by atoms with Crippen molar-refractivity contribution >= 4 is 40.3 Å². The lowest BCUT2D eigenvalue weighted by Crippen LogP contribution is -2.19. The van der Waals surface area contributed by atoms with E-state index in [2.05, 4.69) is 10.3 Å². The summed E-state index contributed by atoms with van der Waals surface area (Å²) >= 11 is 1.08. The number of rotatable bonds is 5. The van der Waals surface area contributed by atoms with Gasteiger partial charge in [-0.15, -0.1) is 0 Å². The standard InChI is InChI=1S/C18H15N3O5S/c1-2-26-14-10-13(21(24)25)8-11(16(14)22)9-15-17(23)20-18(27-15)19-12-6-4-3-5-7-12/h3-10,22H,2H2,1H3,(H,19,20,23)/b15-9-. The van der Waals surface area contributed by atoms with Crippen LogP contribution in [0.3, 0.4) is 0 Å². The number of nitro benzene ring substituents is 1. The summed E-state index contributed by atoms with van der Waals surface area (Å²) < 4.78 is 5.24. The number of non-ortho nitro benzene ring substituents is 1. The quantitative estimate of drug-likeness (QED) is 0.462. The van der Waals surface area contributed by atoms with E-state index in [-0.39, 0.29) is 34.3 Å². The smallest absolute Gasteiger partial charge is 0.274 e. The first-order valence-corrected chi connectivity index (χ1v) is 8.78. The Morgan fingerprint density at radius 2 is 2.07 bits per heavy atom. The van der Waals surface area contributed by atoms with Gasteiger partial charge in [0.1, 0.15) is 0 Å². The monoisotopic (exact) mass is 385 g/mol. The molecule has 8 nitrogen and oxygen atoms in total. The highest BCUT2D eigenvalue weighted by molar-refractivity contribution is 8.18. The molecule has 27 heavy (non-hydrogen) atoms. The number of thioether (sulfide) groups is 1. The first-order chi connectivity index (χ1) is 13.0. The number of amides is 1. The van der Waals surface area contributed by atoms with Gasteiger partial charge in [0.05, 0.1) is 28.2 Å². The molecule has 1 aliphatic rings. The van der Waals surface area contributed by atoms with Crippen molar-refractivity contribution in [2.45, 2.75) is 6.92 Å². The Labute approximate surface area is 158 Å². The van der Waals surface area contributed by atoms with E-state index >= 15 is 0 Å². The minimum atomic E-state index is -0.589. The SMILES string of the molecule is CCOc1cc([N+](=O)[O-])cc(/C=C2\SC(=Nc3ccccc3)NC2=O)c1O. The predicted octanol–water partition coefficient (Wildman–Crippen LogP) is 3.59. The van der Waals surface area contributed by atoms with E-state index in [0.717, 1.165) is 17.8 Å². The van der Waals surface area contributed by atoms with Crippen molar-refractivity contribution in [1.29, 1.82) is 0 Å². The van der Waals surface area contributed by atoms with Gasteiger partial charge in [-0.25, -0.2) is 4.99 Å². The molecule has 0 spiro atoms. The number of nitrogens with zero attached hydrogens (tertiary/aromatic N) is 2. The number of hydrogen-bond acceptors (Lipinski definition) is 7. The van der Waals surface area contributed by atoms with E-state index in [1.807, 2.05) is 18.2 Å². The van der Waals surface area contributed by atoms with Crippen LogP contribution in [0.15, 0.2) is 52.4 Å². The number of hydrogen-bond donors (Lipinski definition) is 2. The largest absolute Gasteiger partial charge is 0.504 e. The van der Waals surface area contributed by atoms with Crippen LogP contribution >= 0.6 is 11.8 Å². The van der Waals surface area contributed by atoms with Crippen LogP contribution in [0.4, 0.5) is 11.4 Å². The molecule has 0 bridgehead atoms. The lowest BCUT2D eigenvalue weighted by atomic mass is 10.1. The zero-order valence-corrected chi connectivity index (χ0v) is 15.0. The van der Waals surface area contributed by atoms with Gasteiger partial charge in [-0.2, -0.15) is 0 Å². The van der Waals surface area contributed by atoms with Gasteiger partial charge in [0, 0.05) is 11.6 Å². The second-order valence-electron chi connectivity index (χ2n) is 5.39. The zero-order valence-electron chi connectivity index (χ0n) is 14.2. The highest BCUT2D eigenvalue weighted by Gasteiger charge is 2.25. The Morgan fingerprint density at radius 3 is 2.74 bits per heavy atom. The Hall–Kier alpha value is -3.33. The number of para-hydroxylation sites is 1. The lowest BCUT2D eigenvalue weighted by molar-refractivity contribution is -0.385. The van der Waals surface area contributed by atoms with Crippen molar-refractivity contribution in [3.05, 3.63) is 63.0 Å². The van der Waals surface area contributed by atoms with Crippen LogP contribution in [0.2, 0.25) is 0 Å². The number of nitro groups is 1. The van der Waals surface area contributed by atoms with E-state index in [0.29, 0.717) is 10.9 Å². The Morgan fingerprint density at radius 1 is 1.33 bits per heavy atom. The number of phenols is 1. The molecule has 3 rings (SSSR count). The van der Waals surface area contributed by atoms with Crippen LogP contribution in [-0.4, -0.2) is 27.7 Å². The molecule has 1 heterocycles. The second-order valence-corrected chi connectivity index (χ2v) is 6.42. The number of carbonyl (C=O) groups is 1. The van der Waals surface area contributed by atoms with Gasteiger partial charge in [0.25, 0.3) is 11.6 Å². The minimum absolute atomic E-state index is 0.0138. The number of amidine groups is 1. The number of ether oxygens (including phenoxy) is 1. The summed E-state index contributed by atoms with van der Waals surface area (Å²) in [6.45, 7) is 1.93. The maximum Gasteiger partial charge on any atom is 0.274 e. The van der Waals surface area contributed by atoms with E-state index in [1.54, 1.807) is 19.1 Å². The molecular weight excluding hydrogens is 370 g/mol. The average molecular weight is 385 g/mol. The summed E-state index contributed by atoms with van der Waals surface area (Å²) in [6.07, 6.45) is 1.37. The summed E-state index contributed by atoms with van der Waals surface area (Å²) in [7, 11) is 0. The van der Waals surface area contributed by atoms with Crippen LogP contribution in [0.25, 0.3) is 6.08 Å². The first-order valence-electron chi connectivity index (χ1n) is 7.96. The first kappa shape index (κ1) is 18.5. The van der Waals surface area contributed by atoms with E-state index < -0.39 is 10.8 Å². The molecular formula is C18H15N3O5S. The van der Waals surface area contributed by atoms with Crippen LogP contribution in [0.1, 0.15) is 12.5 Å². The third-order valence-corrected chi connectivity index (χ3v) is 4.43. The molecule has 2 aromatic rings. The normalized spacial score (nSPS) is 16.6. The number of benzene rings is 2. The Kier molecular flexibility index (Phi) is 5.41. The molecule has 0 radical (unpaired) electrons. The average Bonchev–Trinajstić information content (AvgIpc) is 2.98. The van der Waals surface area contributed by atoms with E-state index in [9.17, 15) is 20.0 Å². The fourth-order valence-corrected chi connectivity index (χ4v) is 3.17. The van der Waals surface area contributed by atoms with Gasteiger partial charge in [-0.05, 0) is 36.9 Å². The van der Waals surface area contributed by atoms with Gasteiger partial charge >= 0.3 is 0 Å². The van der Waals surface area contributed by atoms with E-state index in [1.165, 1.54) is 12.1 Å². The topological polar surface area (TPSA) is 114 Å². The number of carbonyl (C=O) groups excluding carboxylic acids is 1. The van der Waals surface area contributed by atoms with Gasteiger partial charge in [0.2, 0.25) is 0 Å². The number of phenolic OH excluding ortho intramolecular Hbond substituents is 1. The van der Waals surface area contributed by atoms with Gasteiger partial charge < -0.3 is 15.2 Å². The fraction of sp³-hybridized carbons (Fsp3) is 0.111. The fourth-order valence-electron chi connectivity index (χ4n) is 2.34. The molecule has 0 aromatic heterocycles. The van der Waals surface area contributed by atoms with Crippen molar-refractivity contribution in [2.24, 2.45) is 4.99 Å². The molecule has 2 aromatic carbocycles. The third kappa shape index (κ3) is 4.26. The molecule has 2 N–H and O–H groups in total. The molecule has 1 amide bonds. The van der Waals surface area contributed by atoms with Crippen molar-refractivity contribution in [3.8, 4) is 11.5 Å². The molecule has 0 atom stereocenters. The molecule has 1 aliphatic heterocycles. The van der Waals surface area contributed by atoms with Gasteiger partial charge in [-0.3, -0.25) is 14.9 Å². The van der Waals surface area contributed by atoms with Crippen molar-refractivity contribution in [1.82, 2.24) is 5.32 Å². The molecule has 0 unspecified atom stereocenters. The van der Waals surface area contributed by atoms with Crippen LogP contribution in [0.5, 0.6) is 11.5 Å². The van der Waals surface area contributed by atoms with Crippen LogP contribution < -0.4 is 10.1 Å². The maximum atomic E-state index is 12.2. The summed E-state index contributed by atoms with van der Waals surface area (Å²) in [4.78, 5) is 27.3. The molecule has 1 saturated heterocycles. The van der Waals surface area contributed by atoms with Gasteiger partial charge in [-0.1, -0.05) is 18.2 Å². The van der Waals surface area contributed by atoms with Crippen LogP contribution in [0, 0.1) is 10.1 Å². The highest BCUT2D eigenvalue weighted by atomic mass is 32.2. The number of aliphatic imine (C=N–C) groups is 1. The zero-order chi connectivity index (χ0) is 19.4. The molecule has 0 aliphatic carbocycles. The third-order valence-electron chi connectivity index (χ3n) is 3.52. The Bertz CT molecular complexity index is 957. The molecule has 138 valence electrons. The highest BCUT2D eigenvalue weighted by Crippen LogP contribution is 2.38. The lowest BCUT2D eigenvalue weighted by Gasteiger charge is -2.08. The molecule has 0 saturated carbocycles. The van der Waals surface area contributed by atoms with Gasteiger partial charge in [0.15, 0.2) is 16.7 Å². The van der Waals surface area contributed by atoms with Crippen molar-refractivity contribution in [3.63, 3.8) is 0 Å². The van der Waals surface area contributed by atoms with Crippen molar-refractivity contribution < 1.29 is 19.6 Å². The minimum Gasteiger partial charge on any atom is -0.504 e. The number of aromatic hydroxyl groups is 1. The maximum absolute atomic E-state index is 12.2. The second kappa shape index (κ2) is 7.92. The Balaban J connectivity index is 1.95. The molecule has 9 heteroatoms. The van der Waals surface area contributed by atoms with Crippen LogP contribution in [-0.2, 0) is 4.79 Å². The van der Waals surface area contributed by atoms with E-state index in [4.69, 9.17) is 4.74 Å². The summed E-state index contributed by atoms with van der Waals surface area (Å²) in [5.41, 5.74) is 0.550. The summed E-state index contributed by atoms with van der Waals surface area (Å²) in [5, 5.41) is 24.4. The summed E-state index contributed by atoms with van der Waals surface area (Å²) in [5.74, 6) is -0.685. The molecule has 1 fully saturated rings. The van der Waals surface area contributed by atoms with Crippen molar-refractivity contribution in [2.75, 3.05) is 6.61 Å². The summed E-state index contributed by atoms with van der Waals surface area (Å²) in [6, 6.07) is 11.4. The predicted molar refractivity (Wildman–Crippen MR) is 103 cm³/mol.